The molecule has 3 nitrogen and oxygen atoms in total. The summed E-state index contributed by atoms with van der Waals surface area (Å²) in [6.45, 7) is 3.55. The molecule has 0 bridgehead atoms. The monoisotopic (exact) mass is 414 g/mol. The van der Waals surface area contributed by atoms with Crippen molar-refractivity contribution in [2.75, 3.05) is 13.2 Å². The van der Waals surface area contributed by atoms with Crippen LogP contribution in [-0.4, -0.2) is 19.6 Å². The average molecular weight is 415 g/mol. The zero-order chi connectivity index (χ0) is 20.7. The van der Waals surface area contributed by atoms with E-state index in [0.717, 1.165) is 5.92 Å². The lowest BCUT2D eigenvalue weighted by atomic mass is 9.74. The van der Waals surface area contributed by atoms with Crippen LogP contribution in [0.5, 0.6) is 5.75 Å². The molecule has 6 heteroatoms. The molecular formula is C23H33F3O3. The first-order valence-electron chi connectivity index (χ1n) is 11.0. The van der Waals surface area contributed by atoms with E-state index in [1.165, 1.54) is 69.9 Å². The van der Waals surface area contributed by atoms with E-state index < -0.39 is 12.7 Å². The molecule has 2 aliphatic rings. The summed E-state index contributed by atoms with van der Waals surface area (Å²) in [7, 11) is 0. The Morgan fingerprint density at radius 2 is 1.55 bits per heavy atom. The zero-order valence-electron chi connectivity index (χ0n) is 17.3. The molecule has 1 aromatic carbocycles. The molecule has 0 aromatic heterocycles. The molecule has 2 fully saturated rings. The highest BCUT2D eigenvalue weighted by Crippen LogP contribution is 2.39. The van der Waals surface area contributed by atoms with Gasteiger partial charge in [-0.05, 0) is 36.8 Å². The Morgan fingerprint density at radius 1 is 0.897 bits per heavy atom. The fourth-order valence-corrected chi connectivity index (χ4v) is 4.62. The minimum Gasteiger partial charge on any atom is -0.406 e. The van der Waals surface area contributed by atoms with Gasteiger partial charge in [-0.25, -0.2) is 0 Å². The molecule has 164 valence electrons. The topological polar surface area (TPSA) is 27.7 Å². The van der Waals surface area contributed by atoms with E-state index in [1.807, 2.05) is 0 Å². The quantitative estimate of drug-likeness (QED) is 0.428. The lowest BCUT2D eigenvalue weighted by Crippen LogP contribution is -2.34. The van der Waals surface area contributed by atoms with Crippen LogP contribution in [0, 0.1) is 17.8 Å². The van der Waals surface area contributed by atoms with Crippen molar-refractivity contribution in [1.82, 2.24) is 0 Å². The normalized spacial score (nSPS) is 28.3. The van der Waals surface area contributed by atoms with E-state index in [4.69, 9.17) is 9.47 Å². The van der Waals surface area contributed by atoms with Gasteiger partial charge in [0.25, 0.3) is 0 Å². The first-order valence-corrected chi connectivity index (χ1v) is 11.0. The maximum absolute atomic E-state index is 12.3. The second kappa shape index (κ2) is 10.7. The Morgan fingerprint density at radius 3 is 2.14 bits per heavy atom. The van der Waals surface area contributed by atoms with Crippen LogP contribution in [0.15, 0.2) is 24.3 Å². The van der Waals surface area contributed by atoms with Crippen molar-refractivity contribution in [1.29, 1.82) is 0 Å². The minimum absolute atomic E-state index is 0.235. The van der Waals surface area contributed by atoms with Crippen LogP contribution in [0.3, 0.4) is 0 Å². The standard InChI is InChI=1S/C23H33F3O3/c1-2-3-4-5-6-17-7-9-18(10-8-17)20-15-27-22(28-16-20)19-11-13-21(14-12-19)29-23(24,25)26/h11-14,17-18,20,22H,2-10,15-16H2,1H3. The van der Waals surface area contributed by atoms with Gasteiger partial charge in [0.15, 0.2) is 6.29 Å². The van der Waals surface area contributed by atoms with E-state index in [0.29, 0.717) is 30.6 Å². The van der Waals surface area contributed by atoms with Crippen molar-refractivity contribution in [3.05, 3.63) is 29.8 Å². The average Bonchev–Trinajstić information content (AvgIpc) is 2.71. The fourth-order valence-electron chi connectivity index (χ4n) is 4.62. The molecule has 1 heterocycles. The Kier molecular flexibility index (Phi) is 8.25. The second-order valence-corrected chi connectivity index (χ2v) is 8.51. The summed E-state index contributed by atoms with van der Waals surface area (Å²) < 4.78 is 52.5. The molecule has 0 N–H and O–H groups in total. The molecule has 1 aliphatic heterocycles. The van der Waals surface area contributed by atoms with Crippen molar-refractivity contribution in [3.63, 3.8) is 0 Å². The molecule has 1 aromatic rings. The first-order chi connectivity index (χ1) is 13.9. The summed E-state index contributed by atoms with van der Waals surface area (Å²) in [5, 5.41) is 0. The van der Waals surface area contributed by atoms with Crippen molar-refractivity contribution in [3.8, 4) is 5.75 Å². The third-order valence-electron chi connectivity index (χ3n) is 6.33. The molecule has 1 aliphatic carbocycles. The van der Waals surface area contributed by atoms with Crippen molar-refractivity contribution in [2.45, 2.75) is 77.4 Å². The summed E-state index contributed by atoms with van der Waals surface area (Å²) in [5.41, 5.74) is 0.716. The van der Waals surface area contributed by atoms with Gasteiger partial charge in [-0.3, -0.25) is 0 Å². The molecule has 0 radical (unpaired) electrons. The summed E-state index contributed by atoms with van der Waals surface area (Å²) in [4.78, 5) is 0. The SMILES string of the molecule is CCCCCCC1CCC(C2COC(c3ccc(OC(F)(F)F)cc3)OC2)CC1. The smallest absolute Gasteiger partial charge is 0.406 e. The lowest BCUT2D eigenvalue weighted by molar-refractivity contribution is -0.274. The first kappa shape index (κ1) is 22.4. The molecule has 1 saturated carbocycles. The van der Waals surface area contributed by atoms with Gasteiger partial charge in [-0.1, -0.05) is 64.0 Å². The highest BCUT2D eigenvalue weighted by molar-refractivity contribution is 5.28. The fraction of sp³-hybridized carbons (Fsp3) is 0.739. The van der Waals surface area contributed by atoms with E-state index in [2.05, 4.69) is 11.7 Å². The number of ether oxygens (including phenoxy) is 3. The van der Waals surface area contributed by atoms with E-state index in [-0.39, 0.29) is 5.75 Å². The summed E-state index contributed by atoms with van der Waals surface area (Å²) in [5.74, 6) is 1.73. The number of unbranched alkanes of at least 4 members (excludes halogenated alkanes) is 3. The second-order valence-electron chi connectivity index (χ2n) is 8.51. The van der Waals surface area contributed by atoms with Crippen molar-refractivity contribution in [2.24, 2.45) is 17.8 Å². The lowest BCUT2D eigenvalue weighted by Gasteiger charge is -2.38. The molecule has 3 rings (SSSR count). The molecular weight excluding hydrogens is 381 g/mol. The third kappa shape index (κ3) is 7.18. The summed E-state index contributed by atoms with van der Waals surface area (Å²) in [6.07, 6.45) is 6.70. The predicted octanol–water partition coefficient (Wildman–Crippen LogP) is 7.02. The van der Waals surface area contributed by atoms with Gasteiger partial charge in [-0.15, -0.1) is 13.2 Å². The largest absolute Gasteiger partial charge is 0.573 e. The van der Waals surface area contributed by atoms with Crippen LogP contribution in [-0.2, 0) is 9.47 Å². The van der Waals surface area contributed by atoms with Crippen molar-refractivity contribution >= 4 is 0 Å². The molecule has 0 amide bonds. The molecule has 1 saturated heterocycles. The zero-order valence-corrected chi connectivity index (χ0v) is 17.3. The number of rotatable bonds is 8. The van der Waals surface area contributed by atoms with Gasteiger partial charge in [0.05, 0.1) is 13.2 Å². The van der Waals surface area contributed by atoms with E-state index >= 15 is 0 Å². The van der Waals surface area contributed by atoms with Crippen LogP contribution in [0.25, 0.3) is 0 Å². The van der Waals surface area contributed by atoms with Gasteiger partial charge >= 0.3 is 6.36 Å². The molecule has 29 heavy (non-hydrogen) atoms. The molecule has 0 atom stereocenters. The molecule has 0 spiro atoms. The Bertz CT molecular complexity index is 586. The Labute approximate surface area is 171 Å². The van der Waals surface area contributed by atoms with Crippen LogP contribution >= 0.6 is 0 Å². The van der Waals surface area contributed by atoms with Gasteiger partial charge < -0.3 is 14.2 Å². The van der Waals surface area contributed by atoms with Gasteiger partial charge in [0.2, 0.25) is 0 Å². The molecule has 0 unspecified atom stereocenters. The maximum atomic E-state index is 12.3. The van der Waals surface area contributed by atoms with Crippen LogP contribution in [0.2, 0.25) is 0 Å². The number of benzene rings is 1. The van der Waals surface area contributed by atoms with Crippen LogP contribution in [0.1, 0.15) is 76.6 Å². The number of halogens is 3. The number of hydrogen-bond acceptors (Lipinski definition) is 3. The number of hydrogen-bond donors (Lipinski definition) is 0. The van der Waals surface area contributed by atoms with Crippen LogP contribution < -0.4 is 4.74 Å². The summed E-state index contributed by atoms with van der Waals surface area (Å²) in [6, 6.07) is 5.72. The minimum atomic E-state index is -4.68. The van der Waals surface area contributed by atoms with E-state index in [1.54, 1.807) is 12.1 Å². The summed E-state index contributed by atoms with van der Waals surface area (Å²) >= 11 is 0. The Balaban J connectivity index is 1.38. The number of alkyl halides is 3. The van der Waals surface area contributed by atoms with Crippen LogP contribution in [0.4, 0.5) is 13.2 Å². The predicted molar refractivity (Wildman–Crippen MR) is 105 cm³/mol. The maximum Gasteiger partial charge on any atom is 0.573 e. The van der Waals surface area contributed by atoms with Gasteiger partial charge in [0.1, 0.15) is 5.75 Å². The third-order valence-corrected chi connectivity index (χ3v) is 6.33. The van der Waals surface area contributed by atoms with Gasteiger partial charge in [-0.2, -0.15) is 0 Å². The van der Waals surface area contributed by atoms with E-state index in [9.17, 15) is 13.2 Å². The van der Waals surface area contributed by atoms with Gasteiger partial charge in [0, 0.05) is 11.5 Å². The van der Waals surface area contributed by atoms with Crippen molar-refractivity contribution < 1.29 is 27.4 Å². The Hall–Kier alpha value is -1.27. The highest BCUT2D eigenvalue weighted by atomic mass is 19.4. The highest BCUT2D eigenvalue weighted by Gasteiger charge is 2.33.